The topological polar surface area (TPSA) is 38.2 Å². The molecule has 0 amide bonds. The van der Waals surface area contributed by atoms with E-state index in [9.17, 15) is 0 Å². The molecule has 0 saturated carbocycles. The minimum atomic E-state index is 0.355. The van der Waals surface area contributed by atoms with Crippen LogP contribution in [0, 0.1) is 6.92 Å². The van der Waals surface area contributed by atoms with Crippen molar-refractivity contribution in [2.24, 2.45) is 0 Å². The third-order valence-electron chi connectivity index (χ3n) is 2.99. The molecule has 0 bridgehead atoms. The average molecular weight is 256 g/mol. The molecule has 1 aliphatic rings. The average Bonchev–Trinajstić information content (AvgIpc) is 2.37. The fourth-order valence-electron chi connectivity index (χ4n) is 2.08. The first-order chi connectivity index (χ1) is 8.29. The van der Waals surface area contributed by atoms with Gasteiger partial charge in [-0.2, -0.15) is 0 Å². The van der Waals surface area contributed by atoms with Gasteiger partial charge in [0.1, 0.15) is 12.1 Å². The van der Waals surface area contributed by atoms with E-state index in [0.717, 1.165) is 37.4 Å². The van der Waals surface area contributed by atoms with Crippen molar-refractivity contribution in [3.8, 4) is 0 Å². The molecule has 1 aromatic heterocycles. The zero-order chi connectivity index (χ0) is 12.1. The van der Waals surface area contributed by atoms with E-state index in [4.69, 9.17) is 16.3 Å². The molecule has 1 aromatic rings. The van der Waals surface area contributed by atoms with Crippen LogP contribution >= 0.6 is 11.6 Å². The Hall–Kier alpha value is -0.870. The van der Waals surface area contributed by atoms with E-state index in [0.29, 0.717) is 18.6 Å². The Labute approximate surface area is 107 Å². The summed E-state index contributed by atoms with van der Waals surface area (Å²) in [4.78, 5) is 10.7. The first-order valence-corrected chi connectivity index (χ1v) is 6.54. The first-order valence-electron chi connectivity index (χ1n) is 6.01. The van der Waals surface area contributed by atoms with Crippen molar-refractivity contribution in [2.75, 3.05) is 30.5 Å². The number of hydrogen-bond donors (Lipinski definition) is 0. The van der Waals surface area contributed by atoms with Gasteiger partial charge in [-0.15, -0.1) is 11.6 Å². The summed E-state index contributed by atoms with van der Waals surface area (Å²) in [6.07, 6.45) is 4.06. The number of halogens is 1. The van der Waals surface area contributed by atoms with Crippen LogP contribution in [0.2, 0.25) is 0 Å². The van der Waals surface area contributed by atoms with Crippen molar-refractivity contribution in [2.45, 2.75) is 25.9 Å². The minimum Gasteiger partial charge on any atom is -0.377 e. The number of rotatable bonds is 4. The fraction of sp³-hybridized carbons (Fsp3) is 0.667. The van der Waals surface area contributed by atoms with E-state index in [1.165, 1.54) is 0 Å². The highest BCUT2D eigenvalue weighted by Crippen LogP contribution is 2.19. The molecule has 0 atom stereocenters. The van der Waals surface area contributed by atoms with Crippen LogP contribution in [0.25, 0.3) is 0 Å². The summed E-state index contributed by atoms with van der Waals surface area (Å²) in [7, 11) is 0. The highest BCUT2D eigenvalue weighted by molar-refractivity contribution is 6.17. The Bertz CT molecular complexity index is 353. The molecule has 4 nitrogen and oxygen atoms in total. The van der Waals surface area contributed by atoms with Crippen LogP contribution in [0.5, 0.6) is 0 Å². The van der Waals surface area contributed by atoms with Gasteiger partial charge in [-0.05, 0) is 19.8 Å². The van der Waals surface area contributed by atoms with Crippen LogP contribution in [0.1, 0.15) is 18.5 Å². The standard InChI is InChI=1S/C12H18ClN3O/c1-10-8-12(15-9-14-10)16-5-2-11(3-6-16)17-7-4-13/h8-9,11H,2-7H2,1H3. The van der Waals surface area contributed by atoms with Gasteiger partial charge in [0.15, 0.2) is 0 Å². The van der Waals surface area contributed by atoms with E-state index < -0.39 is 0 Å². The van der Waals surface area contributed by atoms with Crippen molar-refractivity contribution in [1.29, 1.82) is 0 Å². The van der Waals surface area contributed by atoms with Crippen LogP contribution in [-0.4, -0.2) is 41.6 Å². The number of anilines is 1. The summed E-state index contributed by atoms with van der Waals surface area (Å²) in [5.74, 6) is 1.60. The number of ether oxygens (including phenoxy) is 1. The molecule has 94 valence electrons. The second kappa shape index (κ2) is 6.17. The third-order valence-corrected chi connectivity index (χ3v) is 3.14. The van der Waals surface area contributed by atoms with Crippen molar-refractivity contribution >= 4 is 17.4 Å². The number of hydrogen-bond acceptors (Lipinski definition) is 4. The van der Waals surface area contributed by atoms with Gasteiger partial charge in [-0.1, -0.05) is 0 Å². The van der Waals surface area contributed by atoms with Gasteiger partial charge in [-0.25, -0.2) is 9.97 Å². The molecule has 0 radical (unpaired) electrons. The maximum atomic E-state index is 5.65. The number of nitrogens with zero attached hydrogens (tertiary/aromatic N) is 3. The second-order valence-corrected chi connectivity index (χ2v) is 4.64. The SMILES string of the molecule is Cc1cc(N2CCC(OCCCl)CC2)ncn1. The largest absolute Gasteiger partial charge is 0.377 e. The molecule has 0 spiro atoms. The Morgan fingerprint density at radius 3 is 2.82 bits per heavy atom. The summed E-state index contributed by atoms with van der Waals surface area (Å²) < 4.78 is 5.65. The molecular formula is C12H18ClN3O. The monoisotopic (exact) mass is 255 g/mol. The summed E-state index contributed by atoms with van der Waals surface area (Å²) in [6.45, 7) is 4.62. The Morgan fingerprint density at radius 1 is 1.41 bits per heavy atom. The lowest BCUT2D eigenvalue weighted by Gasteiger charge is -2.32. The normalized spacial score (nSPS) is 17.4. The summed E-state index contributed by atoms with van der Waals surface area (Å²) in [6, 6.07) is 2.03. The quantitative estimate of drug-likeness (QED) is 0.772. The minimum absolute atomic E-state index is 0.355. The highest BCUT2D eigenvalue weighted by atomic mass is 35.5. The van der Waals surface area contributed by atoms with Crippen LogP contribution in [0.4, 0.5) is 5.82 Å². The zero-order valence-electron chi connectivity index (χ0n) is 10.1. The number of aryl methyl sites for hydroxylation is 1. The third kappa shape index (κ3) is 3.54. The molecule has 0 unspecified atom stereocenters. The molecule has 2 heterocycles. The number of aromatic nitrogens is 2. The summed E-state index contributed by atoms with van der Waals surface area (Å²) >= 11 is 5.61. The van der Waals surface area contributed by atoms with Crippen LogP contribution in [0.15, 0.2) is 12.4 Å². The molecule has 1 aliphatic heterocycles. The van der Waals surface area contributed by atoms with Crippen molar-refractivity contribution in [1.82, 2.24) is 9.97 Å². The fourth-order valence-corrected chi connectivity index (χ4v) is 2.17. The van der Waals surface area contributed by atoms with Gasteiger partial charge in [0.05, 0.1) is 12.7 Å². The van der Waals surface area contributed by atoms with Crippen molar-refractivity contribution in [3.63, 3.8) is 0 Å². The van der Waals surface area contributed by atoms with Crippen molar-refractivity contribution < 1.29 is 4.74 Å². The molecule has 2 rings (SSSR count). The molecule has 1 fully saturated rings. The molecule has 1 saturated heterocycles. The second-order valence-electron chi connectivity index (χ2n) is 4.26. The summed E-state index contributed by atoms with van der Waals surface area (Å²) in [5.41, 5.74) is 1.01. The summed E-state index contributed by atoms with van der Waals surface area (Å²) in [5, 5.41) is 0. The van der Waals surface area contributed by atoms with Crippen LogP contribution in [-0.2, 0) is 4.74 Å². The molecule has 0 aromatic carbocycles. The van der Waals surface area contributed by atoms with Gasteiger partial charge in [0.25, 0.3) is 0 Å². The lowest BCUT2D eigenvalue weighted by atomic mass is 10.1. The number of piperidine rings is 1. The van der Waals surface area contributed by atoms with E-state index >= 15 is 0 Å². The molecular weight excluding hydrogens is 238 g/mol. The van der Waals surface area contributed by atoms with E-state index in [1.54, 1.807) is 6.33 Å². The van der Waals surface area contributed by atoms with Gasteiger partial charge in [0.2, 0.25) is 0 Å². The van der Waals surface area contributed by atoms with Crippen molar-refractivity contribution in [3.05, 3.63) is 18.1 Å². The number of alkyl halides is 1. The van der Waals surface area contributed by atoms with E-state index in [2.05, 4.69) is 14.9 Å². The Balaban J connectivity index is 1.86. The molecule has 5 heteroatoms. The Kier molecular flexibility index (Phi) is 4.57. The van der Waals surface area contributed by atoms with E-state index in [1.807, 2.05) is 13.0 Å². The maximum absolute atomic E-state index is 5.65. The first kappa shape index (κ1) is 12.6. The maximum Gasteiger partial charge on any atom is 0.132 e. The molecule has 0 aliphatic carbocycles. The van der Waals surface area contributed by atoms with Gasteiger partial charge in [-0.3, -0.25) is 0 Å². The zero-order valence-corrected chi connectivity index (χ0v) is 10.9. The molecule has 0 N–H and O–H groups in total. The predicted molar refractivity (Wildman–Crippen MR) is 68.7 cm³/mol. The highest BCUT2D eigenvalue weighted by Gasteiger charge is 2.20. The van der Waals surface area contributed by atoms with Crippen LogP contribution < -0.4 is 4.90 Å². The lowest BCUT2D eigenvalue weighted by Crippen LogP contribution is -2.37. The van der Waals surface area contributed by atoms with Gasteiger partial charge >= 0.3 is 0 Å². The molecule has 17 heavy (non-hydrogen) atoms. The van der Waals surface area contributed by atoms with E-state index in [-0.39, 0.29) is 0 Å². The van der Waals surface area contributed by atoms with Gasteiger partial charge < -0.3 is 9.64 Å². The lowest BCUT2D eigenvalue weighted by molar-refractivity contribution is 0.0471. The van der Waals surface area contributed by atoms with Crippen LogP contribution in [0.3, 0.4) is 0 Å². The Morgan fingerprint density at radius 2 is 2.18 bits per heavy atom. The van der Waals surface area contributed by atoms with Gasteiger partial charge in [0, 0.05) is 30.7 Å². The predicted octanol–water partition coefficient (Wildman–Crippen LogP) is 2.01. The smallest absolute Gasteiger partial charge is 0.132 e.